The van der Waals surface area contributed by atoms with Crippen molar-refractivity contribution >= 4 is 17.1 Å². The molecule has 0 radical (unpaired) electrons. The average molecular weight is 725 g/mol. The summed E-state index contributed by atoms with van der Waals surface area (Å²) in [6.45, 7) is 9.18. The molecule has 5 nitrogen and oxygen atoms in total. The van der Waals surface area contributed by atoms with Crippen molar-refractivity contribution in [3.05, 3.63) is 192 Å². The van der Waals surface area contributed by atoms with Gasteiger partial charge in [0.05, 0.1) is 11.4 Å². The van der Waals surface area contributed by atoms with E-state index in [2.05, 4.69) is 142 Å². The second-order valence-electron chi connectivity index (χ2n) is 15.7. The van der Waals surface area contributed by atoms with Gasteiger partial charge in [0.2, 0.25) is 0 Å². The highest BCUT2D eigenvalue weighted by Crippen LogP contribution is 2.53. The molecule has 0 saturated carbocycles. The number of hydrogen-bond donors (Lipinski definition) is 0. The zero-order valence-corrected chi connectivity index (χ0v) is 31.9. The average Bonchev–Trinajstić information content (AvgIpc) is 3.24. The molecule has 10 rings (SSSR count). The third-order valence-corrected chi connectivity index (χ3v) is 11.6. The van der Waals surface area contributed by atoms with Crippen molar-refractivity contribution in [2.24, 2.45) is 0 Å². The van der Waals surface area contributed by atoms with E-state index in [4.69, 9.17) is 19.7 Å². The Labute approximate surface area is 328 Å². The highest BCUT2D eigenvalue weighted by atomic mass is 16.5. The maximum atomic E-state index is 6.85. The summed E-state index contributed by atoms with van der Waals surface area (Å²) in [5.41, 5.74) is 13.0. The molecule has 8 aromatic rings. The van der Waals surface area contributed by atoms with Crippen molar-refractivity contribution < 1.29 is 4.74 Å². The summed E-state index contributed by atoms with van der Waals surface area (Å²) in [4.78, 5) is 17.3. The van der Waals surface area contributed by atoms with Crippen LogP contribution in [0.15, 0.2) is 170 Å². The Morgan fingerprint density at radius 1 is 0.375 bits per heavy atom. The highest BCUT2D eigenvalue weighted by Gasteiger charge is 2.37. The Bertz CT molecular complexity index is 2680. The molecule has 5 heteroatoms. The topological polar surface area (TPSA) is 51.1 Å². The van der Waals surface area contributed by atoms with Gasteiger partial charge in [-0.15, -0.1) is 0 Å². The first kappa shape index (κ1) is 33.7. The van der Waals surface area contributed by atoms with Gasteiger partial charge in [-0.1, -0.05) is 161 Å². The van der Waals surface area contributed by atoms with Crippen LogP contribution >= 0.6 is 0 Å². The zero-order chi connectivity index (χ0) is 38.0. The van der Waals surface area contributed by atoms with Crippen LogP contribution < -0.4 is 9.64 Å². The number of aromatic nitrogens is 3. The molecule has 0 fully saturated rings. The van der Waals surface area contributed by atoms with Crippen molar-refractivity contribution in [2.45, 2.75) is 38.5 Å². The van der Waals surface area contributed by atoms with Crippen LogP contribution in [0.1, 0.15) is 49.9 Å². The first-order chi connectivity index (χ1) is 27.3. The summed E-state index contributed by atoms with van der Waals surface area (Å²) in [5.74, 6) is 3.51. The van der Waals surface area contributed by atoms with Gasteiger partial charge in [0.25, 0.3) is 0 Å². The van der Waals surface area contributed by atoms with E-state index < -0.39 is 0 Å². The number of benzene rings is 7. The number of ether oxygens (including phenoxy) is 1. The fourth-order valence-corrected chi connectivity index (χ4v) is 8.54. The molecule has 1 aromatic heterocycles. The van der Waals surface area contributed by atoms with Gasteiger partial charge in [0, 0.05) is 44.3 Å². The molecule has 7 aromatic carbocycles. The lowest BCUT2D eigenvalue weighted by molar-refractivity contribution is 0.418. The van der Waals surface area contributed by atoms with E-state index in [9.17, 15) is 0 Å². The molecule has 0 atom stereocenters. The fourth-order valence-electron chi connectivity index (χ4n) is 8.54. The Morgan fingerprint density at radius 3 is 1.38 bits per heavy atom. The number of hydrogen-bond acceptors (Lipinski definition) is 5. The van der Waals surface area contributed by atoms with Gasteiger partial charge in [0.1, 0.15) is 11.5 Å². The summed E-state index contributed by atoms with van der Waals surface area (Å²) in [7, 11) is 0. The fraction of sp³-hybridized carbons (Fsp3) is 0.118. The summed E-state index contributed by atoms with van der Waals surface area (Å²) < 4.78 is 6.85. The van der Waals surface area contributed by atoms with E-state index in [1.54, 1.807) is 0 Å². The van der Waals surface area contributed by atoms with Gasteiger partial charge in [-0.3, -0.25) is 0 Å². The molecule has 2 aliphatic heterocycles. The molecule has 0 N–H and O–H groups in total. The van der Waals surface area contributed by atoms with Crippen LogP contribution in [-0.4, -0.2) is 15.0 Å². The Morgan fingerprint density at radius 2 is 0.804 bits per heavy atom. The van der Waals surface area contributed by atoms with Crippen LogP contribution in [0.2, 0.25) is 0 Å². The van der Waals surface area contributed by atoms with Crippen LogP contribution in [0.25, 0.3) is 45.3 Å². The van der Waals surface area contributed by atoms with E-state index in [0.717, 1.165) is 56.1 Å². The lowest BCUT2D eigenvalue weighted by atomic mass is 9.73. The molecular weight excluding hydrogens is 685 g/mol. The SMILES string of the molecule is CC1(C)c2ccc(-c3cccc(N4c5ccccc5C(C)(C)c5ccccc54)c3)cc2Oc2cc(-c3nc(-c4ccccc4)nc(-c4ccccc4)n3)ccc21. The third kappa shape index (κ3) is 5.50. The molecule has 0 saturated heterocycles. The molecule has 3 heterocycles. The Kier molecular flexibility index (Phi) is 7.75. The quantitative estimate of drug-likeness (QED) is 0.177. The lowest BCUT2D eigenvalue weighted by Gasteiger charge is -2.42. The van der Waals surface area contributed by atoms with Crippen LogP contribution in [0.4, 0.5) is 17.1 Å². The first-order valence-electron chi connectivity index (χ1n) is 19.2. The van der Waals surface area contributed by atoms with Crippen LogP contribution in [-0.2, 0) is 10.8 Å². The van der Waals surface area contributed by atoms with Gasteiger partial charge < -0.3 is 9.64 Å². The molecule has 0 unspecified atom stereocenters. The summed E-state index contributed by atoms with van der Waals surface area (Å²) in [6.07, 6.45) is 0. The molecule has 0 amide bonds. The number of para-hydroxylation sites is 2. The van der Waals surface area contributed by atoms with Crippen LogP contribution in [0.3, 0.4) is 0 Å². The molecule has 0 aliphatic carbocycles. The monoisotopic (exact) mass is 724 g/mol. The van der Waals surface area contributed by atoms with Crippen molar-refractivity contribution in [3.8, 4) is 56.8 Å². The lowest BCUT2D eigenvalue weighted by Crippen LogP contribution is -2.30. The van der Waals surface area contributed by atoms with Gasteiger partial charge in [-0.05, 0) is 58.7 Å². The maximum absolute atomic E-state index is 6.85. The van der Waals surface area contributed by atoms with Gasteiger partial charge in [0.15, 0.2) is 17.5 Å². The predicted molar refractivity (Wildman–Crippen MR) is 227 cm³/mol. The summed E-state index contributed by atoms with van der Waals surface area (Å²) >= 11 is 0. The third-order valence-electron chi connectivity index (χ3n) is 11.6. The van der Waals surface area contributed by atoms with E-state index in [0.29, 0.717) is 17.5 Å². The Balaban J connectivity index is 1.03. The number of fused-ring (bicyclic) bond motifs is 4. The second-order valence-corrected chi connectivity index (χ2v) is 15.7. The molecule has 0 bridgehead atoms. The first-order valence-corrected chi connectivity index (χ1v) is 19.2. The molecule has 270 valence electrons. The van der Waals surface area contributed by atoms with Crippen molar-refractivity contribution in [2.75, 3.05) is 4.90 Å². The van der Waals surface area contributed by atoms with E-state index in [1.165, 1.54) is 22.5 Å². The minimum Gasteiger partial charge on any atom is -0.457 e. The smallest absolute Gasteiger partial charge is 0.164 e. The number of nitrogens with zero attached hydrogens (tertiary/aromatic N) is 4. The van der Waals surface area contributed by atoms with E-state index in [1.807, 2.05) is 60.7 Å². The van der Waals surface area contributed by atoms with Crippen LogP contribution in [0.5, 0.6) is 11.5 Å². The summed E-state index contributed by atoms with van der Waals surface area (Å²) in [5, 5.41) is 0. The maximum Gasteiger partial charge on any atom is 0.164 e. The van der Waals surface area contributed by atoms with Crippen molar-refractivity contribution in [3.63, 3.8) is 0 Å². The van der Waals surface area contributed by atoms with E-state index >= 15 is 0 Å². The van der Waals surface area contributed by atoms with Gasteiger partial charge in [-0.25, -0.2) is 15.0 Å². The standard InChI is InChI=1S/C51H40N4O/c1-50(2)39-22-11-13-24-43(39)55(44-25-14-12-23-40(44)50)38-21-15-20-35(30-38)36-26-28-41-45(31-36)56-46-32-37(27-29-42(46)51(41,3)4)49-53-47(33-16-7-5-8-17-33)52-48(54-49)34-18-9-6-10-19-34/h5-32H,1-4H3. The van der Waals surface area contributed by atoms with E-state index in [-0.39, 0.29) is 10.8 Å². The molecular formula is C51H40N4O. The minimum atomic E-state index is -0.292. The molecule has 56 heavy (non-hydrogen) atoms. The largest absolute Gasteiger partial charge is 0.457 e. The van der Waals surface area contributed by atoms with Gasteiger partial charge >= 0.3 is 0 Å². The van der Waals surface area contributed by atoms with Gasteiger partial charge in [-0.2, -0.15) is 0 Å². The number of anilines is 3. The van der Waals surface area contributed by atoms with Crippen molar-refractivity contribution in [1.29, 1.82) is 0 Å². The molecule has 0 spiro atoms. The molecule has 2 aliphatic rings. The van der Waals surface area contributed by atoms with Crippen molar-refractivity contribution in [1.82, 2.24) is 15.0 Å². The second kappa shape index (κ2) is 12.9. The highest BCUT2D eigenvalue weighted by molar-refractivity contribution is 5.87. The minimum absolute atomic E-state index is 0.113. The normalized spacial score (nSPS) is 14.5. The Hall–Kier alpha value is -6.85. The van der Waals surface area contributed by atoms with Crippen LogP contribution in [0, 0.1) is 0 Å². The predicted octanol–water partition coefficient (Wildman–Crippen LogP) is 13.1. The summed E-state index contributed by atoms with van der Waals surface area (Å²) in [6, 6.07) is 59.5. The number of rotatable bonds is 5. The zero-order valence-electron chi connectivity index (χ0n) is 31.9.